The van der Waals surface area contributed by atoms with E-state index in [0.717, 1.165) is 0 Å². The molecule has 0 saturated heterocycles. The van der Waals surface area contributed by atoms with E-state index < -0.39 is 12.6 Å². The van der Waals surface area contributed by atoms with E-state index >= 15 is 0 Å². The summed E-state index contributed by atoms with van der Waals surface area (Å²) < 4.78 is 34.2. The van der Waals surface area contributed by atoms with Crippen LogP contribution in [0.4, 0.5) is 13.2 Å². The Morgan fingerprint density at radius 1 is 1.33 bits per heavy atom. The summed E-state index contributed by atoms with van der Waals surface area (Å²) in [5, 5.41) is 0. The first-order valence-electron chi connectivity index (χ1n) is 2.82. The molecule has 0 rings (SSSR count). The third-order valence-electron chi connectivity index (χ3n) is 0.821. The van der Waals surface area contributed by atoms with Gasteiger partial charge in [0, 0.05) is 6.42 Å². The van der Waals surface area contributed by atoms with E-state index in [-0.39, 0.29) is 5.92 Å². The van der Waals surface area contributed by atoms with Gasteiger partial charge in [-0.05, 0) is 12.3 Å². The highest BCUT2D eigenvalue weighted by molar-refractivity contribution is 4.72. The van der Waals surface area contributed by atoms with Gasteiger partial charge in [-0.25, -0.2) is 0 Å². The maximum Gasteiger partial charge on any atom is 0.389 e. The minimum absolute atomic E-state index is 0.0200. The monoisotopic (exact) mass is 139 g/mol. The molecule has 0 unspecified atom stereocenters. The molecule has 0 aromatic rings. The van der Waals surface area contributed by atoms with E-state index in [2.05, 4.69) is 0 Å². The molecule has 55 valence electrons. The zero-order chi connectivity index (χ0) is 7.49. The fraction of sp³-hybridized carbons (Fsp3) is 0.833. The summed E-state index contributed by atoms with van der Waals surface area (Å²) >= 11 is 0. The van der Waals surface area contributed by atoms with Crippen molar-refractivity contribution >= 4 is 0 Å². The van der Waals surface area contributed by atoms with Crippen molar-refractivity contribution in [1.29, 1.82) is 0 Å². The van der Waals surface area contributed by atoms with Gasteiger partial charge in [-0.2, -0.15) is 13.2 Å². The maximum absolute atomic E-state index is 11.4. The Kier molecular flexibility index (Phi) is 3.01. The molecule has 0 aliphatic rings. The Morgan fingerprint density at radius 3 is 1.89 bits per heavy atom. The molecule has 0 N–H and O–H groups in total. The van der Waals surface area contributed by atoms with Gasteiger partial charge in [0.15, 0.2) is 0 Å². The van der Waals surface area contributed by atoms with Crippen LogP contribution in [0.2, 0.25) is 0 Å². The predicted molar refractivity (Wildman–Crippen MR) is 29.8 cm³/mol. The Bertz CT molecular complexity index is 72.9. The summed E-state index contributed by atoms with van der Waals surface area (Å²) in [5.41, 5.74) is 0. The maximum atomic E-state index is 11.4. The molecule has 0 saturated carbocycles. The smallest absolute Gasteiger partial charge is 0.171 e. The van der Waals surface area contributed by atoms with Gasteiger partial charge in [0.25, 0.3) is 0 Å². The van der Waals surface area contributed by atoms with Crippen LogP contribution in [0.15, 0.2) is 0 Å². The van der Waals surface area contributed by atoms with Gasteiger partial charge in [0.2, 0.25) is 0 Å². The highest BCUT2D eigenvalue weighted by Gasteiger charge is 2.26. The first-order valence-corrected chi connectivity index (χ1v) is 2.82. The number of halogens is 3. The summed E-state index contributed by atoms with van der Waals surface area (Å²) in [6.45, 7) is 3.46. The van der Waals surface area contributed by atoms with Crippen LogP contribution in [0.1, 0.15) is 20.3 Å². The fourth-order valence-electron chi connectivity index (χ4n) is 0.369. The Hall–Kier alpha value is -0.210. The summed E-state index contributed by atoms with van der Waals surface area (Å²) in [5.74, 6) is 0.0200. The lowest BCUT2D eigenvalue weighted by Crippen LogP contribution is -2.08. The van der Waals surface area contributed by atoms with Crippen molar-refractivity contribution in [3.63, 3.8) is 0 Å². The van der Waals surface area contributed by atoms with Crippen LogP contribution in [0.3, 0.4) is 0 Å². The SMILES string of the molecule is CC(C)[CH]CC(F)(F)F. The molecule has 3 heteroatoms. The van der Waals surface area contributed by atoms with Crippen LogP contribution < -0.4 is 0 Å². The molecule has 0 aromatic heterocycles. The Labute approximate surface area is 53.1 Å². The van der Waals surface area contributed by atoms with Crippen molar-refractivity contribution in [3.8, 4) is 0 Å². The van der Waals surface area contributed by atoms with Crippen molar-refractivity contribution in [2.24, 2.45) is 5.92 Å². The largest absolute Gasteiger partial charge is 0.389 e. The van der Waals surface area contributed by atoms with Gasteiger partial charge in [0.05, 0.1) is 0 Å². The average Bonchev–Trinajstić information content (AvgIpc) is 1.59. The molecule has 0 aliphatic heterocycles. The minimum Gasteiger partial charge on any atom is -0.171 e. The zero-order valence-corrected chi connectivity index (χ0v) is 5.50. The van der Waals surface area contributed by atoms with Crippen molar-refractivity contribution < 1.29 is 13.2 Å². The minimum atomic E-state index is -4.02. The summed E-state index contributed by atoms with van der Waals surface area (Å²) in [7, 11) is 0. The van der Waals surface area contributed by atoms with Crippen LogP contribution in [0.25, 0.3) is 0 Å². The molecule has 0 spiro atoms. The third kappa shape index (κ3) is 7.79. The predicted octanol–water partition coefficient (Wildman–Crippen LogP) is 2.80. The lowest BCUT2D eigenvalue weighted by molar-refractivity contribution is -0.129. The Morgan fingerprint density at radius 2 is 1.78 bits per heavy atom. The summed E-state index contributed by atoms with van der Waals surface area (Å²) in [4.78, 5) is 0. The van der Waals surface area contributed by atoms with Crippen LogP contribution in [0.5, 0.6) is 0 Å². The number of hydrogen-bond acceptors (Lipinski definition) is 0. The van der Waals surface area contributed by atoms with Crippen molar-refractivity contribution in [1.82, 2.24) is 0 Å². The number of hydrogen-bond donors (Lipinski definition) is 0. The van der Waals surface area contributed by atoms with E-state index in [4.69, 9.17) is 0 Å². The Balaban J connectivity index is 3.28. The standard InChI is InChI=1S/C6H10F3/c1-5(2)3-4-6(7,8)9/h3,5H,4H2,1-2H3. The summed E-state index contributed by atoms with van der Waals surface area (Å²) in [6.07, 6.45) is -3.55. The van der Waals surface area contributed by atoms with Gasteiger partial charge >= 0.3 is 6.18 Å². The van der Waals surface area contributed by atoms with Gasteiger partial charge in [0.1, 0.15) is 0 Å². The fourth-order valence-corrected chi connectivity index (χ4v) is 0.369. The van der Waals surface area contributed by atoms with Crippen LogP contribution in [-0.2, 0) is 0 Å². The molecule has 0 atom stereocenters. The molecule has 0 aromatic carbocycles. The van der Waals surface area contributed by atoms with Gasteiger partial charge in [-0.1, -0.05) is 13.8 Å². The van der Waals surface area contributed by atoms with Crippen LogP contribution >= 0.6 is 0 Å². The van der Waals surface area contributed by atoms with E-state index in [1.807, 2.05) is 0 Å². The molecule has 0 fully saturated rings. The van der Waals surface area contributed by atoms with E-state index in [0.29, 0.717) is 0 Å². The molecule has 0 nitrogen and oxygen atoms in total. The number of rotatable bonds is 2. The van der Waals surface area contributed by atoms with Gasteiger partial charge in [-0.3, -0.25) is 0 Å². The second kappa shape index (κ2) is 3.08. The molecule has 0 bridgehead atoms. The first kappa shape index (κ1) is 8.79. The molecular formula is C6H10F3. The highest BCUT2D eigenvalue weighted by Crippen LogP contribution is 2.22. The second-order valence-corrected chi connectivity index (χ2v) is 2.30. The molecule has 1 radical (unpaired) electrons. The number of alkyl halides is 3. The van der Waals surface area contributed by atoms with E-state index in [9.17, 15) is 13.2 Å². The van der Waals surface area contributed by atoms with Gasteiger partial charge in [-0.15, -0.1) is 0 Å². The lowest BCUT2D eigenvalue weighted by Gasteiger charge is -2.06. The van der Waals surface area contributed by atoms with Crippen LogP contribution in [-0.4, -0.2) is 6.18 Å². The lowest BCUT2D eigenvalue weighted by atomic mass is 10.1. The second-order valence-electron chi connectivity index (χ2n) is 2.30. The quantitative estimate of drug-likeness (QED) is 0.551. The highest BCUT2D eigenvalue weighted by atomic mass is 19.4. The van der Waals surface area contributed by atoms with Crippen molar-refractivity contribution in [3.05, 3.63) is 6.42 Å². The molecule has 0 heterocycles. The molecule has 9 heavy (non-hydrogen) atoms. The molecule has 0 aliphatic carbocycles. The van der Waals surface area contributed by atoms with Crippen molar-refractivity contribution in [2.45, 2.75) is 26.4 Å². The van der Waals surface area contributed by atoms with E-state index in [1.165, 1.54) is 6.42 Å². The average molecular weight is 139 g/mol. The normalized spacial score (nSPS) is 12.7. The zero-order valence-electron chi connectivity index (χ0n) is 5.50. The van der Waals surface area contributed by atoms with Crippen molar-refractivity contribution in [2.75, 3.05) is 0 Å². The molecular weight excluding hydrogens is 129 g/mol. The third-order valence-corrected chi connectivity index (χ3v) is 0.821. The topological polar surface area (TPSA) is 0 Å². The summed E-state index contributed by atoms with van der Waals surface area (Å²) in [6, 6.07) is 0. The first-order chi connectivity index (χ1) is 3.92. The van der Waals surface area contributed by atoms with Crippen LogP contribution in [0, 0.1) is 12.3 Å². The molecule has 0 amide bonds. The van der Waals surface area contributed by atoms with E-state index in [1.54, 1.807) is 13.8 Å². The van der Waals surface area contributed by atoms with Gasteiger partial charge < -0.3 is 0 Å².